The highest BCUT2D eigenvalue weighted by Gasteiger charge is 1.99. The van der Waals surface area contributed by atoms with Crippen LogP contribution in [0, 0.1) is 0 Å². The molecule has 58 valence electrons. The Hall–Kier alpha value is -0.990. The van der Waals surface area contributed by atoms with Gasteiger partial charge in [0.15, 0.2) is 0 Å². The molecule has 0 rings (SSSR count). The summed E-state index contributed by atoms with van der Waals surface area (Å²) in [5.41, 5.74) is 0.890. The number of carboxylic acids is 1. The highest BCUT2D eigenvalue weighted by atomic mass is 16.4. The molecule has 0 saturated heterocycles. The maximum absolute atomic E-state index is 10.1. The summed E-state index contributed by atoms with van der Waals surface area (Å²) in [5, 5.41) is 8.29. The Kier molecular flexibility index (Phi) is 3.54. The molecule has 0 bridgehead atoms. The van der Waals surface area contributed by atoms with Gasteiger partial charge in [-0.05, 0) is 6.92 Å². The van der Waals surface area contributed by atoms with Gasteiger partial charge in [-0.3, -0.25) is 4.79 Å². The van der Waals surface area contributed by atoms with E-state index in [1.165, 1.54) is 0 Å². The Morgan fingerprint density at radius 1 is 1.70 bits per heavy atom. The highest BCUT2D eigenvalue weighted by molar-refractivity contribution is 5.66. The van der Waals surface area contributed by atoms with E-state index in [2.05, 4.69) is 6.58 Å². The van der Waals surface area contributed by atoms with Crippen LogP contribution in [0.15, 0.2) is 12.3 Å². The van der Waals surface area contributed by atoms with E-state index < -0.39 is 5.97 Å². The van der Waals surface area contributed by atoms with Gasteiger partial charge in [-0.2, -0.15) is 0 Å². The normalized spacial score (nSPS) is 9.00. The SMILES string of the molecule is C=C(C)N(C)CCC(=O)O. The molecule has 0 saturated carbocycles. The van der Waals surface area contributed by atoms with E-state index in [-0.39, 0.29) is 6.42 Å². The van der Waals surface area contributed by atoms with Crippen LogP contribution in [-0.2, 0) is 4.79 Å². The number of rotatable bonds is 4. The lowest BCUT2D eigenvalue weighted by Crippen LogP contribution is -2.18. The van der Waals surface area contributed by atoms with Gasteiger partial charge in [0.1, 0.15) is 0 Å². The van der Waals surface area contributed by atoms with Gasteiger partial charge in [0.05, 0.1) is 6.42 Å². The summed E-state index contributed by atoms with van der Waals surface area (Å²) in [6, 6.07) is 0. The molecular weight excluding hydrogens is 130 g/mol. The molecule has 3 heteroatoms. The zero-order valence-corrected chi connectivity index (χ0v) is 6.42. The topological polar surface area (TPSA) is 40.5 Å². The zero-order chi connectivity index (χ0) is 8.15. The van der Waals surface area contributed by atoms with Gasteiger partial charge < -0.3 is 10.0 Å². The van der Waals surface area contributed by atoms with E-state index in [4.69, 9.17) is 5.11 Å². The molecule has 0 atom stereocenters. The molecule has 0 aromatic rings. The van der Waals surface area contributed by atoms with Gasteiger partial charge >= 0.3 is 5.97 Å². The van der Waals surface area contributed by atoms with Crippen LogP contribution in [-0.4, -0.2) is 29.6 Å². The summed E-state index contributed by atoms with van der Waals surface area (Å²) in [7, 11) is 1.82. The second-order valence-electron chi connectivity index (χ2n) is 2.30. The Balaban J connectivity index is 3.49. The van der Waals surface area contributed by atoms with Gasteiger partial charge in [-0.15, -0.1) is 0 Å². The highest BCUT2D eigenvalue weighted by Crippen LogP contribution is 1.96. The molecule has 0 aromatic carbocycles. The maximum atomic E-state index is 10.1. The van der Waals surface area contributed by atoms with Gasteiger partial charge in [0.2, 0.25) is 0 Å². The lowest BCUT2D eigenvalue weighted by molar-refractivity contribution is -0.137. The lowest BCUT2D eigenvalue weighted by Gasteiger charge is -2.16. The van der Waals surface area contributed by atoms with E-state index in [1.54, 1.807) is 0 Å². The molecule has 0 radical (unpaired) electrons. The predicted molar refractivity (Wildman–Crippen MR) is 39.7 cm³/mol. The third kappa shape index (κ3) is 3.95. The van der Waals surface area contributed by atoms with Crippen molar-refractivity contribution in [1.29, 1.82) is 0 Å². The van der Waals surface area contributed by atoms with Crippen molar-refractivity contribution in [2.45, 2.75) is 13.3 Å². The molecule has 0 aliphatic carbocycles. The van der Waals surface area contributed by atoms with Crippen molar-refractivity contribution in [3.05, 3.63) is 12.3 Å². The standard InChI is InChI=1S/C7H13NO2/c1-6(2)8(3)5-4-7(9)10/h1,4-5H2,2-3H3,(H,9,10). The largest absolute Gasteiger partial charge is 0.481 e. The van der Waals surface area contributed by atoms with Crippen LogP contribution in [0.25, 0.3) is 0 Å². The summed E-state index contributed by atoms with van der Waals surface area (Å²) < 4.78 is 0. The van der Waals surface area contributed by atoms with Crippen molar-refractivity contribution in [2.24, 2.45) is 0 Å². The third-order valence-electron chi connectivity index (χ3n) is 1.31. The summed E-state index contributed by atoms with van der Waals surface area (Å²) in [6.07, 6.45) is 0.170. The molecule has 0 unspecified atom stereocenters. The van der Waals surface area contributed by atoms with Crippen molar-refractivity contribution in [3.63, 3.8) is 0 Å². The van der Waals surface area contributed by atoms with Gasteiger partial charge in [0, 0.05) is 19.3 Å². The van der Waals surface area contributed by atoms with Crippen LogP contribution in [0.1, 0.15) is 13.3 Å². The van der Waals surface area contributed by atoms with Crippen LogP contribution in [0.5, 0.6) is 0 Å². The minimum Gasteiger partial charge on any atom is -0.481 e. The van der Waals surface area contributed by atoms with Crippen molar-refractivity contribution >= 4 is 5.97 Å². The van der Waals surface area contributed by atoms with Gasteiger partial charge in [0.25, 0.3) is 0 Å². The van der Waals surface area contributed by atoms with E-state index in [1.807, 2.05) is 18.9 Å². The number of carboxylic acid groups (broad SMARTS) is 1. The second kappa shape index (κ2) is 3.93. The molecule has 0 aliphatic heterocycles. The number of hydrogen-bond acceptors (Lipinski definition) is 2. The third-order valence-corrected chi connectivity index (χ3v) is 1.31. The fraction of sp³-hybridized carbons (Fsp3) is 0.571. The predicted octanol–water partition coefficient (Wildman–Crippen LogP) is 0.926. The molecular formula is C7H13NO2. The van der Waals surface area contributed by atoms with Crippen molar-refractivity contribution in [2.75, 3.05) is 13.6 Å². The fourth-order valence-corrected chi connectivity index (χ4v) is 0.454. The second-order valence-corrected chi connectivity index (χ2v) is 2.30. The Labute approximate surface area is 61.0 Å². The quantitative estimate of drug-likeness (QED) is 0.636. The van der Waals surface area contributed by atoms with Gasteiger partial charge in [-0.1, -0.05) is 6.58 Å². The molecule has 10 heavy (non-hydrogen) atoms. The fourth-order valence-electron chi connectivity index (χ4n) is 0.454. The molecule has 0 fully saturated rings. The maximum Gasteiger partial charge on any atom is 0.305 e. The van der Waals surface area contributed by atoms with E-state index >= 15 is 0 Å². The molecule has 0 amide bonds. The van der Waals surface area contributed by atoms with Crippen LogP contribution >= 0.6 is 0 Å². The van der Waals surface area contributed by atoms with E-state index in [0.717, 1.165) is 5.70 Å². The Bertz CT molecular complexity index is 143. The molecule has 3 nitrogen and oxygen atoms in total. The smallest absolute Gasteiger partial charge is 0.305 e. The summed E-state index contributed by atoms with van der Waals surface area (Å²) in [4.78, 5) is 11.9. The first-order chi connectivity index (χ1) is 4.54. The summed E-state index contributed by atoms with van der Waals surface area (Å²) in [5.74, 6) is -0.770. The average Bonchev–Trinajstić information content (AvgIpc) is 1.82. The van der Waals surface area contributed by atoms with Crippen LogP contribution in [0.4, 0.5) is 0 Å². The van der Waals surface area contributed by atoms with Crippen molar-refractivity contribution in [3.8, 4) is 0 Å². The van der Waals surface area contributed by atoms with Crippen molar-refractivity contribution < 1.29 is 9.90 Å². The van der Waals surface area contributed by atoms with Gasteiger partial charge in [-0.25, -0.2) is 0 Å². The first-order valence-electron chi connectivity index (χ1n) is 3.12. The summed E-state index contributed by atoms with van der Waals surface area (Å²) in [6.45, 7) is 6.05. The zero-order valence-electron chi connectivity index (χ0n) is 6.42. The number of carbonyl (C=O) groups is 1. The van der Waals surface area contributed by atoms with Crippen LogP contribution < -0.4 is 0 Å². The first kappa shape index (κ1) is 9.01. The van der Waals surface area contributed by atoms with E-state index in [0.29, 0.717) is 6.54 Å². The number of allylic oxidation sites excluding steroid dienone is 1. The molecule has 1 N–H and O–H groups in total. The average molecular weight is 143 g/mol. The van der Waals surface area contributed by atoms with Crippen LogP contribution in [0.3, 0.4) is 0 Å². The number of nitrogens with zero attached hydrogens (tertiary/aromatic N) is 1. The Morgan fingerprint density at radius 2 is 2.20 bits per heavy atom. The Morgan fingerprint density at radius 3 is 2.50 bits per heavy atom. The minimum atomic E-state index is -0.770. The first-order valence-corrected chi connectivity index (χ1v) is 3.12. The molecule has 0 aliphatic rings. The minimum absolute atomic E-state index is 0.170. The monoisotopic (exact) mass is 143 g/mol. The van der Waals surface area contributed by atoms with Crippen LogP contribution in [0.2, 0.25) is 0 Å². The summed E-state index contributed by atoms with van der Waals surface area (Å²) >= 11 is 0. The lowest BCUT2D eigenvalue weighted by atomic mass is 10.4. The molecule has 0 spiro atoms. The van der Waals surface area contributed by atoms with E-state index in [9.17, 15) is 4.79 Å². The number of hydrogen-bond donors (Lipinski definition) is 1. The molecule has 0 heterocycles. The number of aliphatic carboxylic acids is 1. The molecule has 0 aromatic heterocycles. The van der Waals surface area contributed by atoms with Crippen molar-refractivity contribution in [1.82, 2.24) is 4.90 Å².